The van der Waals surface area contributed by atoms with Gasteiger partial charge >= 0.3 is 0 Å². The summed E-state index contributed by atoms with van der Waals surface area (Å²) in [6.07, 6.45) is 0. The summed E-state index contributed by atoms with van der Waals surface area (Å²) in [5, 5.41) is 0. The van der Waals surface area contributed by atoms with Crippen LogP contribution in [-0.2, 0) is 10.0 Å². The van der Waals surface area contributed by atoms with Crippen molar-refractivity contribution >= 4 is 15.7 Å². The van der Waals surface area contributed by atoms with Gasteiger partial charge in [0.25, 0.3) is 10.0 Å². The monoisotopic (exact) mass is 427 g/mol. The van der Waals surface area contributed by atoms with Crippen LogP contribution in [0, 0.1) is 0 Å². The Balaban J connectivity index is 2.22. The van der Waals surface area contributed by atoms with Crippen LogP contribution >= 0.6 is 0 Å². The summed E-state index contributed by atoms with van der Waals surface area (Å²) in [5.74, 6) is 1.74. The maximum absolute atomic E-state index is 13.7. The standard InChI is InChI=1S/C23H25NO5S/c1-17(22-16-20(28-3)13-14-23(22)29-4)24(18-9-8-10-19(15-18)27-2)30(25,26)21-11-6-5-7-12-21/h5-17H,1-4H3/t17-/m1/s1. The molecule has 0 saturated carbocycles. The molecule has 0 radical (unpaired) electrons. The Hall–Kier alpha value is -3.19. The minimum absolute atomic E-state index is 0.196. The van der Waals surface area contributed by atoms with Gasteiger partial charge in [0, 0.05) is 11.6 Å². The molecule has 0 amide bonds. The third-order valence-electron chi connectivity index (χ3n) is 4.85. The van der Waals surface area contributed by atoms with Crippen LogP contribution < -0.4 is 18.5 Å². The summed E-state index contributed by atoms with van der Waals surface area (Å²) in [6, 6.07) is 20.1. The maximum Gasteiger partial charge on any atom is 0.264 e. The molecule has 3 aromatic rings. The first-order chi connectivity index (χ1) is 14.4. The van der Waals surface area contributed by atoms with Gasteiger partial charge in [0.15, 0.2) is 0 Å². The lowest BCUT2D eigenvalue weighted by atomic mass is 10.1. The minimum Gasteiger partial charge on any atom is -0.497 e. The van der Waals surface area contributed by atoms with Gasteiger partial charge in [-0.15, -0.1) is 0 Å². The van der Waals surface area contributed by atoms with E-state index in [4.69, 9.17) is 14.2 Å². The van der Waals surface area contributed by atoms with E-state index in [0.717, 1.165) is 0 Å². The molecule has 158 valence electrons. The van der Waals surface area contributed by atoms with Crippen LogP contribution in [0.3, 0.4) is 0 Å². The molecule has 0 aromatic heterocycles. The van der Waals surface area contributed by atoms with E-state index < -0.39 is 16.1 Å². The van der Waals surface area contributed by atoms with Crippen molar-refractivity contribution in [2.75, 3.05) is 25.6 Å². The van der Waals surface area contributed by atoms with Crippen LogP contribution in [0.5, 0.6) is 17.2 Å². The first-order valence-corrected chi connectivity index (χ1v) is 10.8. The molecule has 30 heavy (non-hydrogen) atoms. The summed E-state index contributed by atoms with van der Waals surface area (Å²) in [5.41, 5.74) is 1.16. The Morgan fingerprint density at radius 2 is 1.43 bits per heavy atom. The number of sulfonamides is 1. The van der Waals surface area contributed by atoms with Gasteiger partial charge in [-0.25, -0.2) is 8.42 Å². The molecule has 0 spiro atoms. The van der Waals surface area contributed by atoms with E-state index in [0.29, 0.717) is 28.5 Å². The van der Waals surface area contributed by atoms with E-state index in [9.17, 15) is 8.42 Å². The van der Waals surface area contributed by atoms with E-state index >= 15 is 0 Å². The molecule has 1 atom stereocenters. The molecular formula is C23H25NO5S. The third kappa shape index (κ3) is 4.21. The summed E-state index contributed by atoms with van der Waals surface area (Å²) >= 11 is 0. The summed E-state index contributed by atoms with van der Waals surface area (Å²) in [4.78, 5) is 0.196. The molecule has 0 fully saturated rings. The highest BCUT2D eigenvalue weighted by molar-refractivity contribution is 7.92. The lowest BCUT2D eigenvalue weighted by Crippen LogP contribution is -2.34. The Morgan fingerprint density at radius 1 is 0.767 bits per heavy atom. The molecule has 0 saturated heterocycles. The summed E-state index contributed by atoms with van der Waals surface area (Å²) < 4.78 is 45.0. The van der Waals surface area contributed by atoms with Gasteiger partial charge < -0.3 is 14.2 Å². The number of hydrogen-bond acceptors (Lipinski definition) is 5. The fraction of sp³-hybridized carbons (Fsp3) is 0.217. The van der Waals surface area contributed by atoms with E-state index in [1.54, 1.807) is 94.1 Å². The van der Waals surface area contributed by atoms with Gasteiger partial charge in [0.1, 0.15) is 17.2 Å². The predicted molar refractivity (Wildman–Crippen MR) is 117 cm³/mol. The molecular weight excluding hydrogens is 402 g/mol. The average molecular weight is 428 g/mol. The molecule has 0 N–H and O–H groups in total. The second-order valence-corrected chi connectivity index (χ2v) is 8.41. The summed E-state index contributed by atoms with van der Waals surface area (Å²) in [7, 11) is 0.777. The van der Waals surface area contributed by atoms with Crippen molar-refractivity contribution in [3.63, 3.8) is 0 Å². The Kier molecular flexibility index (Phi) is 6.52. The van der Waals surface area contributed by atoms with Gasteiger partial charge in [-0.1, -0.05) is 24.3 Å². The van der Waals surface area contributed by atoms with Gasteiger partial charge in [-0.05, 0) is 49.4 Å². The highest BCUT2D eigenvalue weighted by atomic mass is 32.2. The number of ether oxygens (including phenoxy) is 3. The zero-order chi connectivity index (χ0) is 21.7. The second-order valence-electron chi connectivity index (χ2n) is 6.60. The van der Waals surface area contributed by atoms with Crippen molar-refractivity contribution in [2.24, 2.45) is 0 Å². The van der Waals surface area contributed by atoms with E-state index in [2.05, 4.69) is 0 Å². The van der Waals surface area contributed by atoms with E-state index in [-0.39, 0.29) is 4.90 Å². The van der Waals surface area contributed by atoms with Crippen molar-refractivity contribution in [3.05, 3.63) is 78.4 Å². The summed E-state index contributed by atoms with van der Waals surface area (Å²) in [6.45, 7) is 1.82. The van der Waals surface area contributed by atoms with Crippen molar-refractivity contribution in [1.82, 2.24) is 0 Å². The van der Waals surface area contributed by atoms with Crippen LogP contribution in [0.15, 0.2) is 77.7 Å². The zero-order valence-corrected chi connectivity index (χ0v) is 18.2. The van der Waals surface area contributed by atoms with Crippen LogP contribution in [-0.4, -0.2) is 29.7 Å². The highest BCUT2D eigenvalue weighted by Gasteiger charge is 2.32. The van der Waals surface area contributed by atoms with Crippen molar-refractivity contribution in [2.45, 2.75) is 17.9 Å². The van der Waals surface area contributed by atoms with Crippen molar-refractivity contribution in [3.8, 4) is 17.2 Å². The SMILES string of the molecule is COc1cccc(N([C@H](C)c2cc(OC)ccc2OC)S(=O)(=O)c2ccccc2)c1. The number of methoxy groups -OCH3 is 3. The second kappa shape index (κ2) is 9.09. The van der Waals surface area contributed by atoms with Crippen LogP contribution in [0.25, 0.3) is 0 Å². The zero-order valence-electron chi connectivity index (χ0n) is 17.4. The van der Waals surface area contributed by atoms with E-state index in [1.165, 1.54) is 4.31 Å². The predicted octanol–water partition coefficient (Wildman–Crippen LogP) is 4.67. The number of rotatable bonds is 8. The first-order valence-electron chi connectivity index (χ1n) is 9.38. The van der Waals surface area contributed by atoms with Gasteiger partial charge in [0.2, 0.25) is 0 Å². The molecule has 3 aromatic carbocycles. The quantitative estimate of drug-likeness (QED) is 0.523. The molecule has 0 heterocycles. The molecule has 3 rings (SSSR count). The first kappa shape index (κ1) is 21.5. The maximum atomic E-state index is 13.7. The highest BCUT2D eigenvalue weighted by Crippen LogP contribution is 2.39. The average Bonchev–Trinajstić information content (AvgIpc) is 2.79. The van der Waals surface area contributed by atoms with Crippen molar-refractivity contribution < 1.29 is 22.6 Å². The third-order valence-corrected chi connectivity index (χ3v) is 6.76. The van der Waals surface area contributed by atoms with Gasteiger partial charge in [-0.2, -0.15) is 0 Å². The smallest absolute Gasteiger partial charge is 0.264 e. The normalized spacial score (nSPS) is 12.1. The fourth-order valence-corrected chi connectivity index (χ4v) is 4.97. The lowest BCUT2D eigenvalue weighted by molar-refractivity contribution is 0.396. The van der Waals surface area contributed by atoms with Gasteiger partial charge in [0.05, 0.1) is 38.0 Å². The molecule has 0 unspecified atom stereocenters. The van der Waals surface area contributed by atoms with Crippen molar-refractivity contribution in [1.29, 1.82) is 0 Å². The van der Waals surface area contributed by atoms with Crippen LogP contribution in [0.4, 0.5) is 5.69 Å². The topological polar surface area (TPSA) is 65.1 Å². The molecule has 0 aliphatic rings. The van der Waals surface area contributed by atoms with Crippen LogP contribution in [0.1, 0.15) is 18.5 Å². The number of nitrogens with zero attached hydrogens (tertiary/aromatic N) is 1. The number of benzene rings is 3. The number of hydrogen-bond donors (Lipinski definition) is 0. The lowest BCUT2D eigenvalue weighted by Gasteiger charge is -2.32. The Labute approximate surface area is 177 Å². The molecule has 0 aliphatic heterocycles. The van der Waals surface area contributed by atoms with Gasteiger partial charge in [-0.3, -0.25) is 4.31 Å². The fourth-order valence-electron chi connectivity index (χ4n) is 3.32. The minimum atomic E-state index is -3.89. The Morgan fingerprint density at radius 3 is 2.07 bits per heavy atom. The van der Waals surface area contributed by atoms with Crippen LogP contribution in [0.2, 0.25) is 0 Å². The molecule has 0 aliphatic carbocycles. The molecule has 0 bridgehead atoms. The molecule has 6 nitrogen and oxygen atoms in total. The largest absolute Gasteiger partial charge is 0.497 e. The number of anilines is 1. The van der Waals surface area contributed by atoms with E-state index in [1.807, 2.05) is 6.92 Å². The molecule has 7 heteroatoms. The Bertz CT molecular complexity index is 1100.